The summed E-state index contributed by atoms with van der Waals surface area (Å²) in [6, 6.07) is 16.3. The van der Waals surface area contributed by atoms with E-state index in [-0.39, 0.29) is 18.9 Å². The lowest BCUT2D eigenvalue weighted by molar-refractivity contribution is -0.138. The van der Waals surface area contributed by atoms with Crippen molar-refractivity contribution in [3.05, 3.63) is 59.7 Å². The molecule has 0 bridgehead atoms. The Kier molecular flexibility index (Phi) is 6.23. The number of nitrogens with zero attached hydrogens (tertiary/aromatic N) is 1. The number of carbonyl (C=O) groups is 2. The fourth-order valence-electron chi connectivity index (χ4n) is 3.88. The van der Waals surface area contributed by atoms with Gasteiger partial charge in [0.1, 0.15) is 6.61 Å². The molecule has 6 heteroatoms. The molecule has 1 atom stereocenters. The molecule has 29 heavy (non-hydrogen) atoms. The molecule has 1 aliphatic carbocycles. The maximum Gasteiger partial charge on any atom is 0.407 e. The molecule has 0 spiro atoms. The number of aliphatic carboxylic acids is 1. The molecule has 0 heterocycles. The zero-order valence-electron chi connectivity index (χ0n) is 17.1. The summed E-state index contributed by atoms with van der Waals surface area (Å²) in [6.45, 7) is 2.61. The highest BCUT2D eigenvalue weighted by molar-refractivity contribution is 5.79. The molecule has 154 valence electrons. The van der Waals surface area contributed by atoms with Gasteiger partial charge in [-0.05, 0) is 56.2 Å². The van der Waals surface area contributed by atoms with Crippen LogP contribution in [0.3, 0.4) is 0 Å². The molecule has 0 fully saturated rings. The Morgan fingerprint density at radius 1 is 1.07 bits per heavy atom. The molecule has 3 rings (SSSR count). The number of nitrogens with one attached hydrogen (secondary N) is 1. The van der Waals surface area contributed by atoms with Crippen molar-refractivity contribution in [3.63, 3.8) is 0 Å². The predicted octanol–water partition coefficient (Wildman–Crippen LogP) is 3.71. The first-order valence-electron chi connectivity index (χ1n) is 9.79. The summed E-state index contributed by atoms with van der Waals surface area (Å²) in [4.78, 5) is 25.8. The molecule has 2 aromatic rings. The van der Waals surface area contributed by atoms with Crippen LogP contribution in [-0.2, 0) is 9.53 Å². The van der Waals surface area contributed by atoms with Gasteiger partial charge in [-0.2, -0.15) is 0 Å². The minimum atomic E-state index is -0.954. The fourth-order valence-corrected chi connectivity index (χ4v) is 3.88. The van der Waals surface area contributed by atoms with Gasteiger partial charge in [-0.3, -0.25) is 4.79 Å². The highest BCUT2D eigenvalue weighted by Crippen LogP contribution is 2.44. The van der Waals surface area contributed by atoms with Crippen LogP contribution in [0, 0.1) is 0 Å². The van der Waals surface area contributed by atoms with Crippen molar-refractivity contribution in [2.45, 2.75) is 31.2 Å². The van der Waals surface area contributed by atoms with E-state index in [0.29, 0.717) is 13.0 Å². The Morgan fingerprint density at radius 2 is 1.62 bits per heavy atom. The highest BCUT2D eigenvalue weighted by Gasteiger charge is 2.32. The van der Waals surface area contributed by atoms with Gasteiger partial charge in [-0.25, -0.2) is 4.79 Å². The van der Waals surface area contributed by atoms with Crippen LogP contribution in [0.2, 0.25) is 0 Å². The lowest BCUT2D eigenvalue weighted by atomic mass is 9.93. The molecular weight excluding hydrogens is 368 g/mol. The Labute approximate surface area is 171 Å². The number of ether oxygens (including phenoxy) is 1. The standard InChI is InChI=1S/C23H28N2O4/c1-23(14-21(26)27,12-13-25(2)3)24-22(28)29-15-20-18-10-6-4-8-16(18)17-9-5-7-11-19(17)20/h4-11,20H,12-15H2,1-3H3,(H,24,28)(H,26,27). The molecule has 1 aliphatic rings. The van der Waals surface area contributed by atoms with E-state index in [1.807, 2.05) is 43.3 Å². The second-order valence-electron chi connectivity index (χ2n) is 8.13. The molecule has 0 radical (unpaired) electrons. The van der Waals surface area contributed by atoms with Gasteiger partial charge in [0.2, 0.25) is 0 Å². The van der Waals surface area contributed by atoms with E-state index in [4.69, 9.17) is 4.74 Å². The average Bonchev–Trinajstić information content (AvgIpc) is 2.98. The third kappa shape index (κ3) is 4.95. The molecule has 0 aliphatic heterocycles. The van der Waals surface area contributed by atoms with E-state index in [1.165, 1.54) is 11.1 Å². The minimum Gasteiger partial charge on any atom is -0.481 e. The Morgan fingerprint density at radius 3 is 2.14 bits per heavy atom. The monoisotopic (exact) mass is 396 g/mol. The van der Waals surface area contributed by atoms with Crippen LogP contribution in [0.15, 0.2) is 48.5 Å². The van der Waals surface area contributed by atoms with Crippen molar-refractivity contribution in [2.75, 3.05) is 27.2 Å². The van der Waals surface area contributed by atoms with E-state index in [9.17, 15) is 14.7 Å². The quantitative estimate of drug-likeness (QED) is 0.711. The zero-order chi connectivity index (χ0) is 21.0. The van der Waals surface area contributed by atoms with E-state index in [0.717, 1.165) is 11.1 Å². The summed E-state index contributed by atoms with van der Waals surface area (Å²) in [5.74, 6) is -0.981. The summed E-state index contributed by atoms with van der Waals surface area (Å²) < 4.78 is 5.57. The molecule has 2 aromatic carbocycles. The molecule has 0 saturated heterocycles. The maximum absolute atomic E-state index is 12.5. The van der Waals surface area contributed by atoms with Crippen LogP contribution in [0.25, 0.3) is 11.1 Å². The number of benzene rings is 2. The second kappa shape index (κ2) is 8.66. The van der Waals surface area contributed by atoms with Crippen molar-refractivity contribution < 1.29 is 19.4 Å². The van der Waals surface area contributed by atoms with Crippen LogP contribution >= 0.6 is 0 Å². The van der Waals surface area contributed by atoms with E-state index >= 15 is 0 Å². The largest absolute Gasteiger partial charge is 0.481 e. The van der Waals surface area contributed by atoms with Gasteiger partial charge in [0.05, 0.1) is 12.0 Å². The van der Waals surface area contributed by atoms with Crippen LogP contribution in [0.5, 0.6) is 0 Å². The van der Waals surface area contributed by atoms with Crippen molar-refractivity contribution in [1.82, 2.24) is 10.2 Å². The summed E-state index contributed by atoms with van der Waals surface area (Å²) in [6.07, 6.45) is -0.240. The van der Waals surface area contributed by atoms with E-state index in [1.54, 1.807) is 6.92 Å². The summed E-state index contributed by atoms with van der Waals surface area (Å²) in [5, 5.41) is 12.0. The summed E-state index contributed by atoms with van der Waals surface area (Å²) in [7, 11) is 3.82. The molecule has 1 unspecified atom stereocenters. The number of fused-ring (bicyclic) bond motifs is 3. The Balaban J connectivity index is 1.69. The molecular formula is C23H28N2O4. The van der Waals surface area contributed by atoms with Gasteiger partial charge in [0.15, 0.2) is 0 Å². The summed E-state index contributed by atoms with van der Waals surface area (Å²) >= 11 is 0. The first-order valence-corrected chi connectivity index (χ1v) is 9.79. The number of rotatable bonds is 8. The van der Waals surface area contributed by atoms with Crippen LogP contribution in [0.1, 0.15) is 36.8 Å². The van der Waals surface area contributed by atoms with Gasteiger partial charge in [0, 0.05) is 5.92 Å². The van der Waals surface area contributed by atoms with Crippen molar-refractivity contribution >= 4 is 12.1 Å². The van der Waals surface area contributed by atoms with Crippen molar-refractivity contribution in [1.29, 1.82) is 0 Å². The number of hydrogen-bond acceptors (Lipinski definition) is 4. The third-order valence-electron chi connectivity index (χ3n) is 5.40. The van der Waals surface area contributed by atoms with Crippen molar-refractivity contribution in [2.24, 2.45) is 0 Å². The zero-order valence-corrected chi connectivity index (χ0v) is 17.1. The smallest absolute Gasteiger partial charge is 0.407 e. The average molecular weight is 396 g/mol. The van der Waals surface area contributed by atoms with Gasteiger partial charge >= 0.3 is 12.1 Å². The Bertz CT molecular complexity index is 850. The Hall–Kier alpha value is -2.86. The van der Waals surface area contributed by atoms with Gasteiger partial charge in [-0.15, -0.1) is 0 Å². The number of hydrogen-bond donors (Lipinski definition) is 2. The number of amides is 1. The molecule has 6 nitrogen and oxygen atoms in total. The second-order valence-corrected chi connectivity index (χ2v) is 8.13. The van der Waals surface area contributed by atoms with E-state index in [2.05, 4.69) is 29.6 Å². The van der Waals surface area contributed by atoms with Crippen LogP contribution in [0.4, 0.5) is 4.79 Å². The predicted molar refractivity (Wildman–Crippen MR) is 112 cm³/mol. The summed E-state index contributed by atoms with van der Waals surface area (Å²) in [5.41, 5.74) is 3.74. The minimum absolute atomic E-state index is 0.0272. The van der Waals surface area contributed by atoms with E-state index < -0.39 is 17.6 Å². The third-order valence-corrected chi connectivity index (χ3v) is 5.40. The maximum atomic E-state index is 12.5. The fraction of sp³-hybridized carbons (Fsp3) is 0.391. The highest BCUT2D eigenvalue weighted by atomic mass is 16.5. The molecule has 1 amide bonds. The van der Waals surface area contributed by atoms with Crippen LogP contribution in [-0.4, -0.2) is 54.9 Å². The van der Waals surface area contributed by atoms with Crippen LogP contribution < -0.4 is 5.32 Å². The molecule has 0 saturated carbocycles. The van der Waals surface area contributed by atoms with Gasteiger partial charge in [0.25, 0.3) is 0 Å². The first kappa shape index (κ1) is 20.9. The lowest BCUT2D eigenvalue weighted by Gasteiger charge is -2.30. The lowest BCUT2D eigenvalue weighted by Crippen LogP contribution is -2.49. The molecule has 2 N–H and O–H groups in total. The number of carboxylic acids is 1. The first-order chi connectivity index (χ1) is 13.8. The van der Waals surface area contributed by atoms with Gasteiger partial charge < -0.3 is 20.1 Å². The number of carboxylic acid groups (broad SMARTS) is 1. The van der Waals surface area contributed by atoms with Gasteiger partial charge in [-0.1, -0.05) is 48.5 Å². The topological polar surface area (TPSA) is 78.9 Å². The number of alkyl carbamates (subject to hydrolysis) is 1. The normalized spacial score (nSPS) is 14.8. The molecule has 0 aromatic heterocycles. The SMILES string of the molecule is CN(C)CCC(C)(CC(=O)O)NC(=O)OCC1c2ccccc2-c2ccccc21. The van der Waals surface area contributed by atoms with Crippen molar-refractivity contribution in [3.8, 4) is 11.1 Å². The number of carbonyl (C=O) groups excluding carboxylic acids is 1.